The lowest BCUT2D eigenvalue weighted by atomic mass is 10.0. The monoisotopic (exact) mass is 234 g/mol. The van der Waals surface area contributed by atoms with Crippen molar-refractivity contribution in [2.75, 3.05) is 20.6 Å². The molecule has 1 atom stereocenters. The molecule has 1 aromatic carbocycles. The van der Waals surface area contributed by atoms with Crippen molar-refractivity contribution in [3.05, 3.63) is 34.4 Å². The molecule has 2 heteroatoms. The first-order valence-electron chi connectivity index (χ1n) is 6.35. The third-order valence-electron chi connectivity index (χ3n) is 3.59. The van der Waals surface area contributed by atoms with Gasteiger partial charge in [0.1, 0.15) is 0 Å². The van der Waals surface area contributed by atoms with Crippen molar-refractivity contribution in [2.24, 2.45) is 0 Å². The molecule has 0 spiro atoms. The lowest BCUT2D eigenvalue weighted by molar-refractivity contribution is 0.302. The summed E-state index contributed by atoms with van der Waals surface area (Å²) >= 11 is 0. The van der Waals surface area contributed by atoms with Gasteiger partial charge in [-0.15, -0.1) is 0 Å². The SMILES string of the molecule is Cc1cc(C)c(CNCC(C)N(C)C)cc1C. The summed E-state index contributed by atoms with van der Waals surface area (Å²) in [4.78, 5) is 2.24. The summed E-state index contributed by atoms with van der Waals surface area (Å²) in [6.07, 6.45) is 0. The van der Waals surface area contributed by atoms with E-state index < -0.39 is 0 Å². The van der Waals surface area contributed by atoms with Gasteiger partial charge in [-0.25, -0.2) is 0 Å². The zero-order valence-corrected chi connectivity index (χ0v) is 12.1. The van der Waals surface area contributed by atoms with Crippen LogP contribution >= 0.6 is 0 Å². The maximum atomic E-state index is 3.53. The number of hydrogen-bond donors (Lipinski definition) is 1. The minimum atomic E-state index is 0.571. The Bertz CT molecular complexity index is 369. The minimum absolute atomic E-state index is 0.571. The first-order valence-corrected chi connectivity index (χ1v) is 6.35. The highest BCUT2D eigenvalue weighted by molar-refractivity contribution is 5.36. The molecule has 0 heterocycles. The van der Waals surface area contributed by atoms with Crippen LogP contribution in [0.25, 0.3) is 0 Å². The van der Waals surface area contributed by atoms with Crippen molar-refractivity contribution in [1.29, 1.82) is 0 Å². The normalized spacial score (nSPS) is 13.1. The molecular weight excluding hydrogens is 208 g/mol. The van der Waals surface area contributed by atoms with Crippen LogP contribution in [0.5, 0.6) is 0 Å². The van der Waals surface area contributed by atoms with E-state index in [2.05, 4.69) is 64.1 Å². The number of hydrogen-bond acceptors (Lipinski definition) is 2. The Balaban J connectivity index is 2.55. The van der Waals surface area contributed by atoms with E-state index in [1.165, 1.54) is 22.3 Å². The van der Waals surface area contributed by atoms with Crippen LogP contribution in [0.1, 0.15) is 29.2 Å². The Hall–Kier alpha value is -0.860. The highest BCUT2D eigenvalue weighted by Gasteiger charge is 2.05. The fourth-order valence-corrected chi connectivity index (χ4v) is 1.81. The molecule has 1 N–H and O–H groups in total. The number of nitrogens with one attached hydrogen (secondary N) is 1. The average molecular weight is 234 g/mol. The summed E-state index contributed by atoms with van der Waals surface area (Å²) in [5, 5.41) is 3.53. The van der Waals surface area contributed by atoms with Crippen molar-refractivity contribution >= 4 is 0 Å². The van der Waals surface area contributed by atoms with Gasteiger partial charge in [0.2, 0.25) is 0 Å². The van der Waals surface area contributed by atoms with E-state index in [-0.39, 0.29) is 0 Å². The van der Waals surface area contributed by atoms with Crippen LogP contribution in [0.4, 0.5) is 0 Å². The summed E-state index contributed by atoms with van der Waals surface area (Å²) < 4.78 is 0. The third-order valence-corrected chi connectivity index (χ3v) is 3.59. The molecule has 0 amide bonds. The van der Waals surface area contributed by atoms with Crippen LogP contribution in [0, 0.1) is 20.8 Å². The molecular formula is C15H26N2. The quantitative estimate of drug-likeness (QED) is 0.842. The summed E-state index contributed by atoms with van der Waals surface area (Å²) in [5.41, 5.74) is 5.57. The predicted molar refractivity (Wildman–Crippen MR) is 75.5 cm³/mol. The Labute approximate surface area is 106 Å². The lowest BCUT2D eigenvalue weighted by Gasteiger charge is -2.20. The molecule has 0 aliphatic carbocycles. The Morgan fingerprint density at radius 2 is 1.65 bits per heavy atom. The summed E-state index contributed by atoms with van der Waals surface area (Å²) in [6, 6.07) is 5.15. The van der Waals surface area contributed by atoms with Crippen molar-refractivity contribution in [3.8, 4) is 0 Å². The average Bonchev–Trinajstić information content (AvgIpc) is 2.25. The molecule has 0 aliphatic rings. The van der Waals surface area contributed by atoms with Gasteiger partial charge in [0, 0.05) is 19.1 Å². The largest absolute Gasteiger partial charge is 0.311 e. The molecule has 17 heavy (non-hydrogen) atoms. The zero-order valence-electron chi connectivity index (χ0n) is 12.1. The maximum Gasteiger partial charge on any atom is 0.0208 e. The molecule has 1 aromatic rings. The van der Waals surface area contributed by atoms with Gasteiger partial charge in [0.25, 0.3) is 0 Å². The summed E-state index contributed by atoms with van der Waals surface area (Å²) in [5.74, 6) is 0. The Kier molecular flexibility index (Phi) is 5.16. The van der Waals surface area contributed by atoms with Gasteiger partial charge in [0.05, 0.1) is 0 Å². The van der Waals surface area contributed by atoms with Gasteiger partial charge in [-0.1, -0.05) is 12.1 Å². The van der Waals surface area contributed by atoms with E-state index in [1.807, 2.05) is 0 Å². The topological polar surface area (TPSA) is 15.3 Å². The zero-order chi connectivity index (χ0) is 13.0. The first-order chi connectivity index (χ1) is 7.91. The van der Waals surface area contributed by atoms with Gasteiger partial charge in [0.15, 0.2) is 0 Å². The van der Waals surface area contributed by atoms with Crippen molar-refractivity contribution in [3.63, 3.8) is 0 Å². The van der Waals surface area contributed by atoms with Crippen molar-refractivity contribution in [2.45, 2.75) is 40.3 Å². The van der Waals surface area contributed by atoms with Crippen LogP contribution in [-0.2, 0) is 6.54 Å². The van der Waals surface area contributed by atoms with Gasteiger partial charge < -0.3 is 10.2 Å². The number of likely N-dealkylation sites (N-methyl/N-ethyl adjacent to an activating group) is 1. The Morgan fingerprint density at radius 1 is 1.06 bits per heavy atom. The number of nitrogens with zero attached hydrogens (tertiary/aromatic N) is 1. The van der Waals surface area contributed by atoms with Crippen LogP contribution in [0.15, 0.2) is 12.1 Å². The molecule has 0 aromatic heterocycles. The van der Waals surface area contributed by atoms with Crippen molar-refractivity contribution < 1.29 is 0 Å². The molecule has 96 valence electrons. The van der Waals surface area contributed by atoms with Crippen LogP contribution in [0.2, 0.25) is 0 Å². The van der Waals surface area contributed by atoms with E-state index in [1.54, 1.807) is 0 Å². The second kappa shape index (κ2) is 6.18. The van der Waals surface area contributed by atoms with Gasteiger partial charge in [-0.3, -0.25) is 0 Å². The van der Waals surface area contributed by atoms with Crippen molar-refractivity contribution in [1.82, 2.24) is 10.2 Å². The number of benzene rings is 1. The van der Waals surface area contributed by atoms with Gasteiger partial charge >= 0.3 is 0 Å². The molecule has 0 saturated heterocycles. The fraction of sp³-hybridized carbons (Fsp3) is 0.600. The van der Waals surface area contributed by atoms with Gasteiger partial charge in [-0.2, -0.15) is 0 Å². The Morgan fingerprint density at radius 3 is 2.24 bits per heavy atom. The van der Waals surface area contributed by atoms with Gasteiger partial charge in [-0.05, 0) is 64.0 Å². The summed E-state index contributed by atoms with van der Waals surface area (Å²) in [7, 11) is 4.24. The highest BCUT2D eigenvalue weighted by Crippen LogP contribution is 2.15. The minimum Gasteiger partial charge on any atom is -0.311 e. The molecule has 2 nitrogen and oxygen atoms in total. The van der Waals surface area contributed by atoms with E-state index in [0.717, 1.165) is 13.1 Å². The molecule has 0 fully saturated rings. The van der Waals surface area contributed by atoms with E-state index >= 15 is 0 Å². The second-order valence-electron chi connectivity index (χ2n) is 5.31. The third kappa shape index (κ3) is 4.14. The van der Waals surface area contributed by atoms with E-state index in [9.17, 15) is 0 Å². The number of aryl methyl sites for hydroxylation is 3. The summed E-state index contributed by atoms with van der Waals surface area (Å²) in [6.45, 7) is 10.8. The van der Waals surface area contributed by atoms with Crippen LogP contribution in [0.3, 0.4) is 0 Å². The molecule has 0 aliphatic heterocycles. The first kappa shape index (κ1) is 14.2. The predicted octanol–water partition coefficient (Wildman–Crippen LogP) is 2.65. The molecule has 0 saturated carbocycles. The smallest absolute Gasteiger partial charge is 0.0208 e. The lowest BCUT2D eigenvalue weighted by Crippen LogP contribution is -2.35. The highest BCUT2D eigenvalue weighted by atomic mass is 15.1. The number of rotatable bonds is 5. The van der Waals surface area contributed by atoms with Crippen LogP contribution in [-0.4, -0.2) is 31.6 Å². The van der Waals surface area contributed by atoms with Crippen LogP contribution < -0.4 is 5.32 Å². The fourth-order valence-electron chi connectivity index (χ4n) is 1.81. The molecule has 1 unspecified atom stereocenters. The molecule has 1 rings (SSSR count). The van der Waals surface area contributed by atoms with E-state index in [4.69, 9.17) is 0 Å². The second-order valence-corrected chi connectivity index (χ2v) is 5.31. The molecule has 0 bridgehead atoms. The maximum absolute atomic E-state index is 3.53. The standard InChI is InChI=1S/C15H26N2/c1-11-7-13(3)15(8-12(11)2)10-16-9-14(4)17(5)6/h7-8,14,16H,9-10H2,1-6H3. The van der Waals surface area contributed by atoms with E-state index in [0.29, 0.717) is 6.04 Å². The molecule has 0 radical (unpaired) electrons.